The van der Waals surface area contributed by atoms with Crippen molar-refractivity contribution in [3.05, 3.63) is 185 Å². The van der Waals surface area contributed by atoms with Crippen LogP contribution in [0.2, 0.25) is 0 Å². The molecular weight excluding hydrogens is 846 g/mol. The van der Waals surface area contributed by atoms with Gasteiger partial charge >= 0.3 is 11.1 Å². The third-order valence-electron chi connectivity index (χ3n) is 7.90. The fraction of sp³-hybridized carbons (Fsp3) is 0.0769. The molecule has 0 aliphatic carbocycles. The normalized spacial score (nSPS) is 10.8. The highest BCUT2D eigenvalue weighted by Crippen LogP contribution is 2.18. The fourth-order valence-corrected chi connectivity index (χ4v) is 5.78. The maximum absolute atomic E-state index is 13.1. The smallest absolute Gasteiger partial charge is 0.301 e. The van der Waals surface area contributed by atoms with E-state index in [2.05, 4.69) is 52.5 Å². The number of carbonyl (C=O) groups excluding carboxylic acids is 2. The van der Waals surface area contributed by atoms with Crippen molar-refractivity contribution in [2.24, 2.45) is 0 Å². The summed E-state index contributed by atoms with van der Waals surface area (Å²) in [5.74, 6) is -2.87. The Labute approximate surface area is 327 Å². The van der Waals surface area contributed by atoms with Gasteiger partial charge in [0.15, 0.2) is 11.4 Å². The molecule has 12 nitrogen and oxygen atoms in total. The zero-order chi connectivity index (χ0) is 39.1. The van der Waals surface area contributed by atoms with Crippen LogP contribution in [0.4, 0.5) is 8.78 Å². The summed E-state index contributed by atoms with van der Waals surface area (Å²) in [7, 11) is 0. The van der Waals surface area contributed by atoms with Crippen LogP contribution in [0.1, 0.15) is 37.7 Å². The van der Waals surface area contributed by atoms with Crippen LogP contribution >= 0.6 is 31.9 Å². The Kier molecular flexibility index (Phi) is 12.1. The predicted molar refractivity (Wildman–Crippen MR) is 206 cm³/mol. The van der Waals surface area contributed by atoms with E-state index in [1.54, 1.807) is 42.6 Å². The third-order valence-corrected chi connectivity index (χ3v) is 8.84. The maximum atomic E-state index is 13.1. The lowest BCUT2D eigenvalue weighted by Crippen LogP contribution is -2.29. The number of nitrogens with one attached hydrogen (secondary N) is 2. The number of fused-ring (bicyclic) bond motifs is 2. The quantitative estimate of drug-likeness (QED) is 0.152. The van der Waals surface area contributed by atoms with Crippen molar-refractivity contribution < 1.29 is 28.2 Å². The number of carbonyl (C=O) groups is 2. The lowest BCUT2D eigenvalue weighted by Gasteiger charge is -2.13. The molecule has 7 rings (SSSR count). The van der Waals surface area contributed by atoms with Crippen molar-refractivity contribution in [3.8, 4) is 11.5 Å². The van der Waals surface area contributed by atoms with E-state index in [0.29, 0.717) is 25.7 Å². The average molecular weight is 874 g/mol. The van der Waals surface area contributed by atoms with Crippen LogP contribution in [0.15, 0.2) is 134 Å². The molecule has 16 heteroatoms. The van der Waals surface area contributed by atoms with E-state index in [4.69, 9.17) is 4.74 Å². The van der Waals surface area contributed by atoms with Gasteiger partial charge in [0.05, 0.1) is 0 Å². The second kappa shape index (κ2) is 17.3. The fourth-order valence-electron chi connectivity index (χ4n) is 5.11. The first-order chi connectivity index (χ1) is 26.5. The van der Waals surface area contributed by atoms with Crippen molar-refractivity contribution in [3.63, 3.8) is 0 Å². The number of benzene rings is 3. The number of pyridine rings is 2. The molecule has 55 heavy (non-hydrogen) atoms. The van der Waals surface area contributed by atoms with Gasteiger partial charge in [-0.1, -0.05) is 54.6 Å². The Morgan fingerprint density at radius 2 is 1.11 bits per heavy atom. The van der Waals surface area contributed by atoms with Crippen molar-refractivity contribution in [2.75, 3.05) is 0 Å². The molecule has 0 spiro atoms. The van der Waals surface area contributed by atoms with Gasteiger partial charge in [-0.2, -0.15) is 0 Å². The van der Waals surface area contributed by atoms with Gasteiger partial charge in [-0.3, -0.25) is 28.0 Å². The molecule has 0 atom stereocenters. The monoisotopic (exact) mass is 872 g/mol. The molecule has 0 unspecified atom stereocenters. The average Bonchev–Trinajstić information content (AvgIpc) is 3.19. The minimum atomic E-state index is -0.742. The first-order valence-corrected chi connectivity index (χ1v) is 17.9. The molecule has 4 aromatic heterocycles. The topological polar surface area (TPSA) is 156 Å². The summed E-state index contributed by atoms with van der Waals surface area (Å²) in [6.07, 6.45) is 3.02. The van der Waals surface area contributed by atoms with Gasteiger partial charge in [-0.25, -0.2) is 18.7 Å². The Morgan fingerprint density at radius 1 is 0.636 bits per heavy atom. The van der Waals surface area contributed by atoms with Gasteiger partial charge < -0.3 is 20.5 Å². The van der Waals surface area contributed by atoms with Gasteiger partial charge in [0.1, 0.15) is 29.5 Å². The molecule has 278 valence electrons. The standard InChI is InChI=1S/C23H17BrFN3O3.C16H11BrFN3O3/c24-17-8-11-19-27-20(22(29)26-12-15-6-9-18(25)10-7-15)21(23(30)28(19)13-17)31-14-16-4-2-1-3-5-16;17-10-3-6-12-20-13(14(22)16(24)21(12)8-10)15(23)19-7-9-1-4-11(18)5-2-9/h1-11,13H,12,14H2,(H,26,29);1-6,8,22H,7H2,(H,19,23). The third kappa shape index (κ3) is 9.46. The summed E-state index contributed by atoms with van der Waals surface area (Å²) in [5, 5.41) is 15.2. The van der Waals surface area contributed by atoms with E-state index in [1.165, 1.54) is 47.0 Å². The number of nitrogens with zero attached hydrogens (tertiary/aromatic N) is 4. The van der Waals surface area contributed by atoms with Gasteiger partial charge in [0.2, 0.25) is 11.5 Å². The number of hydrogen-bond acceptors (Lipinski definition) is 8. The number of rotatable bonds is 9. The van der Waals surface area contributed by atoms with Crippen LogP contribution < -0.4 is 26.5 Å². The molecule has 0 saturated carbocycles. The van der Waals surface area contributed by atoms with Crippen molar-refractivity contribution in [1.29, 1.82) is 0 Å². The summed E-state index contributed by atoms with van der Waals surface area (Å²) in [5.41, 5.74) is 1.07. The molecule has 7 aromatic rings. The van der Waals surface area contributed by atoms with E-state index >= 15 is 0 Å². The Bertz CT molecular complexity index is 2640. The molecule has 3 aromatic carbocycles. The molecular formula is C39H28Br2F2N6O6. The number of ether oxygens (including phenoxy) is 1. The van der Waals surface area contributed by atoms with Gasteiger partial charge in [-0.15, -0.1) is 0 Å². The second-order valence-electron chi connectivity index (χ2n) is 11.8. The highest BCUT2D eigenvalue weighted by molar-refractivity contribution is 9.10. The van der Waals surface area contributed by atoms with Crippen LogP contribution in [0.3, 0.4) is 0 Å². The highest BCUT2D eigenvalue weighted by Gasteiger charge is 2.22. The first kappa shape index (κ1) is 38.5. The molecule has 0 aliphatic heterocycles. The van der Waals surface area contributed by atoms with E-state index in [0.717, 1.165) is 9.96 Å². The zero-order valence-electron chi connectivity index (χ0n) is 28.4. The predicted octanol–water partition coefficient (Wildman–Crippen LogP) is 6.34. The van der Waals surface area contributed by atoms with E-state index in [-0.39, 0.29) is 54.1 Å². The van der Waals surface area contributed by atoms with E-state index in [9.17, 15) is 33.1 Å². The minimum absolute atomic E-state index is 0.106. The summed E-state index contributed by atoms with van der Waals surface area (Å²) in [6, 6.07) is 27.2. The summed E-state index contributed by atoms with van der Waals surface area (Å²) in [6.45, 7) is 0.370. The molecule has 0 bridgehead atoms. The highest BCUT2D eigenvalue weighted by atomic mass is 79.9. The van der Waals surface area contributed by atoms with Gasteiger partial charge in [0, 0.05) is 34.4 Å². The number of amides is 2. The van der Waals surface area contributed by atoms with Crippen LogP contribution in [0, 0.1) is 11.6 Å². The second-order valence-corrected chi connectivity index (χ2v) is 13.6. The van der Waals surface area contributed by atoms with E-state index in [1.807, 2.05) is 30.3 Å². The lowest BCUT2D eigenvalue weighted by molar-refractivity contribution is 0.0933. The number of hydrogen-bond donors (Lipinski definition) is 3. The van der Waals surface area contributed by atoms with Gasteiger partial charge in [-0.05, 0) is 97.1 Å². The zero-order valence-corrected chi connectivity index (χ0v) is 31.6. The van der Waals surface area contributed by atoms with Crippen molar-refractivity contribution in [1.82, 2.24) is 29.4 Å². The Balaban J connectivity index is 0.000000193. The van der Waals surface area contributed by atoms with Crippen LogP contribution in [0.25, 0.3) is 11.3 Å². The SMILES string of the molecule is O=C(NCc1ccc(F)cc1)c1nc2ccc(Br)cn2c(=O)c1O.O=C(NCc1ccc(F)cc1)c1nc2ccc(Br)cn2c(=O)c1OCc1ccccc1. The lowest BCUT2D eigenvalue weighted by atomic mass is 10.2. The number of aromatic hydroxyl groups is 1. The molecule has 4 heterocycles. The molecule has 2 amide bonds. The van der Waals surface area contributed by atoms with Crippen LogP contribution in [-0.2, 0) is 19.7 Å². The molecule has 0 saturated heterocycles. The Hall–Kier alpha value is -6.26. The van der Waals surface area contributed by atoms with E-state index < -0.39 is 28.7 Å². The number of aromatic nitrogens is 4. The minimum Gasteiger partial charge on any atom is -0.501 e. The molecule has 0 radical (unpaired) electrons. The van der Waals surface area contributed by atoms with Crippen LogP contribution in [-0.4, -0.2) is 35.7 Å². The Morgan fingerprint density at radius 3 is 1.64 bits per heavy atom. The van der Waals surface area contributed by atoms with Gasteiger partial charge in [0.25, 0.3) is 11.8 Å². The number of halogens is 4. The van der Waals surface area contributed by atoms with Crippen molar-refractivity contribution in [2.45, 2.75) is 19.7 Å². The summed E-state index contributed by atoms with van der Waals surface area (Å²) < 4.78 is 35.5. The van der Waals surface area contributed by atoms with Crippen molar-refractivity contribution >= 4 is 55.0 Å². The molecule has 0 aliphatic rings. The molecule has 3 N–H and O–H groups in total. The largest absolute Gasteiger partial charge is 0.501 e. The maximum Gasteiger partial charge on any atom is 0.301 e. The first-order valence-electron chi connectivity index (χ1n) is 16.3. The van der Waals surface area contributed by atoms with Crippen LogP contribution in [0.5, 0.6) is 11.5 Å². The summed E-state index contributed by atoms with van der Waals surface area (Å²) >= 11 is 6.56. The molecule has 0 fully saturated rings. The summed E-state index contributed by atoms with van der Waals surface area (Å²) in [4.78, 5) is 58.7.